The number of nitro groups is 1. The summed E-state index contributed by atoms with van der Waals surface area (Å²) in [6.07, 6.45) is 1.98. The molecule has 9 nitrogen and oxygen atoms in total. The Hall–Kier alpha value is -2.46. The minimum atomic E-state index is -3.58. The van der Waals surface area contributed by atoms with E-state index in [1.54, 1.807) is 35.9 Å². The maximum Gasteiger partial charge on any atom is 0.406 e. The molecule has 1 aromatic heterocycles. The molecule has 0 aliphatic carbocycles. The van der Waals surface area contributed by atoms with Crippen molar-refractivity contribution in [3.63, 3.8) is 0 Å². The fraction of sp³-hybridized carbons (Fsp3) is 0.438. The van der Waals surface area contributed by atoms with Gasteiger partial charge in [0.25, 0.3) is 0 Å². The van der Waals surface area contributed by atoms with Gasteiger partial charge in [-0.2, -0.15) is 4.31 Å². The molecular formula is C16H21N5O4S. The molecule has 10 heteroatoms. The van der Waals surface area contributed by atoms with Crippen LogP contribution in [0.25, 0.3) is 0 Å². The maximum absolute atomic E-state index is 12.9. The highest BCUT2D eigenvalue weighted by atomic mass is 32.2. The number of imidazole rings is 1. The Morgan fingerprint density at radius 1 is 1.12 bits per heavy atom. The van der Waals surface area contributed by atoms with Crippen LogP contribution in [-0.2, 0) is 17.1 Å². The highest BCUT2D eigenvalue weighted by molar-refractivity contribution is 7.89. The van der Waals surface area contributed by atoms with Crippen LogP contribution in [0, 0.1) is 17.0 Å². The van der Waals surface area contributed by atoms with Crippen LogP contribution in [0.5, 0.6) is 0 Å². The Morgan fingerprint density at radius 3 is 2.46 bits per heavy atom. The summed E-state index contributed by atoms with van der Waals surface area (Å²) in [5, 5.41) is 11.2. The second kappa shape index (κ2) is 7.04. The number of rotatable bonds is 4. The lowest BCUT2D eigenvalue weighted by molar-refractivity contribution is -0.388. The minimum Gasteiger partial charge on any atom is -0.358 e. The molecule has 0 unspecified atom stereocenters. The highest BCUT2D eigenvalue weighted by Gasteiger charge is 2.31. The number of hydrogen-bond acceptors (Lipinski definition) is 6. The molecule has 140 valence electrons. The molecular weight excluding hydrogens is 358 g/mol. The molecule has 1 aliphatic heterocycles. The molecule has 0 radical (unpaired) electrons. The van der Waals surface area contributed by atoms with Gasteiger partial charge in [0.1, 0.15) is 0 Å². The van der Waals surface area contributed by atoms with E-state index in [4.69, 9.17) is 0 Å². The number of hydrogen-bond donors (Lipinski definition) is 0. The smallest absolute Gasteiger partial charge is 0.358 e. The van der Waals surface area contributed by atoms with E-state index >= 15 is 0 Å². The zero-order valence-electron chi connectivity index (χ0n) is 14.7. The molecule has 2 heterocycles. The molecule has 0 amide bonds. The first-order valence-corrected chi connectivity index (χ1v) is 9.72. The van der Waals surface area contributed by atoms with E-state index < -0.39 is 14.9 Å². The normalized spacial score (nSPS) is 16.5. The van der Waals surface area contributed by atoms with Gasteiger partial charge < -0.3 is 15.0 Å². The summed E-state index contributed by atoms with van der Waals surface area (Å²) in [6.45, 7) is 3.43. The molecule has 1 aromatic carbocycles. The van der Waals surface area contributed by atoms with Crippen molar-refractivity contribution in [3.8, 4) is 0 Å². The van der Waals surface area contributed by atoms with E-state index in [1.807, 2.05) is 11.8 Å². The SMILES string of the molecule is Cc1ccc(S(=O)(=O)N2CCCN(c3c([N+](=O)[O-])ncn3C)CC2)cc1. The summed E-state index contributed by atoms with van der Waals surface area (Å²) in [5.41, 5.74) is 0.995. The van der Waals surface area contributed by atoms with Crippen molar-refractivity contribution in [3.05, 3.63) is 46.3 Å². The number of benzene rings is 1. The van der Waals surface area contributed by atoms with E-state index in [0.29, 0.717) is 31.9 Å². The molecule has 0 atom stereocenters. The summed E-state index contributed by atoms with van der Waals surface area (Å²) in [4.78, 5) is 16.6. The van der Waals surface area contributed by atoms with Gasteiger partial charge in [0.05, 0.1) is 4.90 Å². The third kappa shape index (κ3) is 3.42. The van der Waals surface area contributed by atoms with Crippen LogP contribution >= 0.6 is 0 Å². The second-order valence-electron chi connectivity index (χ2n) is 6.32. The summed E-state index contributed by atoms with van der Waals surface area (Å²) < 4.78 is 28.8. The standard InChI is InChI=1S/C16H21N5O4S/c1-13-4-6-14(7-5-13)26(24,25)20-9-3-8-19(10-11-20)16-15(21(22)23)17-12-18(16)2/h4-7,12H,3,8-11H2,1-2H3. The van der Waals surface area contributed by atoms with Gasteiger partial charge in [-0.1, -0.05) is 17.7 Å². The van der Waals surface area contributed by atoms with Crippen LogP contribution in [0.3, 0.4) is 0 Å². The quantitative estimate of drug-likeness (QED) is 0.590. The van der Waals surface area contributed by atoms with Crippen molar-refractivity contribution in [2.45, 2.75) is 18.2 Å². The maximum atomic E-state index is 12.9. The fourth-order valence-corrected chi connectivity index (χ4v) is 4.58. The molecule has 1 fully saturated rings. The van der Waals surface area contributed by atoms with Crippen molar-refractivity contribution < 1.29 is 13.3 Å². The van der Waals surface area contributed by atoms with Crippen LogP contribution in [-0.4, -0.2) is 53.4 Å². The molecule has 0 spiro atoms. The number of nitrogens with zero attached hydrogens (tertiary/aromatic N) is 5. The lowest BCUT2D eigenvalue weighted by atomic mass is 10.2. The first-order valence-electron chi connectivity index (χ1n) is 8.28. The summed E-state index contributed by atoms with van der Waals surface area (Å²) in [5.74, 6) is 0.201. The average Bonchev–Trinajstić information content (AvgIpc) is 2.82. The first-order chi connectivity index (χ1) is 12.3. The van der Waals surface area contributed by atoms with Crippen molar-refractivity contribution in [1.82, 2.24) is 13.9 Å². The molecule has 0 bridgehead atoms. The first kappa shape index (κ1) is 18.3. The van der Waals surface area contributed by atoms with E-state index in [-0.39, 0.29) is 17.3 Å². The number of aryl methyl sites for hydroxylation is 2. The molecule has 1 aliphatic rings. The third-order valence-corrected chi connectivity index (χ3v) is 6.39. The Morgan fingerprint density at radius 2 is 1.81 bits per heavy atom. The molecule has 2 aromatic rings. The average molecular weight is 379 g/mol. The largest absolute Gasteiger partial charge is 0.406 e. The van der Waals surface area contributed by atoms with Gasteiger partial charge in [-0.15, -0.1) is 0 Å². The summed E-state index contributed by atoms with van der Waals surface area (Å²) >= 11 is 0. The van der Waals surface area contributed by atoms with E-state index in [0.717, 1.165) is 5.56 Å². The van der Waals surface area contributed by atoms with Crippen molar-refractivity contribution >= 4 is 21.7 Å². The van der Waals surface area contributed by atoms with Gasteiger partial charge >= 0.3 is 5.82 Å². The van der Waals surface area contributed by atoms with Gasteiger partial charge in [-0.05, 0) is 35.4 Å². The summed E-state index contributed by atoms with van der Waals surface area (Å²) in [7, 11) is -1.89. The Labute approximate surface area is 152 Å². The van der Waals surface area contributed by atoms with Crippen LogP contribution in [0.2, 0.25) is 0 Å². The van der Waals surface area contributed by atoms with Gasteiger partial charge in [0.15, 0.2) is 0 Å². The molecule has 3 rings (SSSR count). The zero-order valence-corrected chi connectivity index (χ0v) is 15.5. The Balaban J connectivity index is 1.82. The topological polar surface area (TPSA) is 102 Å². The second-order valence-corrected chi connectivity index (χ2v) is 8.26. The predicted molar refractivity (Wildman–Crippen MR) is 96.6 cm³/mol. The van der Waals surface area contributed by atoms with E-state index in [1.165, 1.54) is 10.6 Å². The van der Waals surface area contributed by atoms with Crippen LogP contribution in [0.4, 0.5) is 11.6 Å². The van der Waals surface area contributed by atoms with Gasteiger partial charge in [0, 0.05) is 33.2 Å². The minimum absolute atomic E-state index is 0.206. The van der Waals surface area contributed by atoms with Gasteiger partial charge in [-0.25, -0.2) is 8.42 Å². The van der Waals surface area contributed by atoms with E-state index in [9.17, 15) is 18.5 Å². The van der Waals surface area contributed by atoms with Gasteiger partial charge in [-0.3, -0.25) is 4.57 Å². The zero-order chi connectivity index (χ0) is 18.9. The molecule has 1 saturated heterocycles. The molecule has 0 N–H and O–H groups in total. The Kier molecular flexibility index (Phi) is 4.97. The van der Waals surface area contributed by atoms with Gasteiger partial charge in [0.2, 0.25) is 22.2 Å². The molecule has 26 heavy (non-hydrogen) atoms. The van der Waals surface area contributed by atoms with Crippen LogP contribution < -0.4 is 4.90 Å². The monoisotopic (exact) mass is 379 g/mol. The van der Waals surface area contributed by atoms with Crippen molar-refractivity contribution in [2.24, 2.45) is 7.05 Å². The molecule has 0 saturated carbocycles. The lowest BCUT2D eigenvalue weighted by Crippen LogP contribution is -2.35. The fourth-order valence-electron chi connectivity index (χ4n) is 3.11. The van der Waals surface area contributed by atoms with Crippen LogP contribution in [0.15, 0.2) is 35.5 Å². The lowest BCUT2D eigenvalue weighted by Gasteiger charge is -2.22. The van der Waals surface area contributed by atoms with Crippen molar-refractivity contribution in [1.29, 1.82) is 0 Å². The van der Waals surface area contributed by atoms with E-state index in [2.05, 4.69) is 4.98 Å². The van der Waals surface area contributed by atoms with Crippen molar-refractivity contribution in [2.75, 3.05) is 31.1 Å². The number of sulfonamides is 1. The number of aromatic nitrogens is 2. The Bertz CT molecular complexity index is 907. The highest BCUT2D eigenvalue weighted by Crippen LogP contribution is 2.27. The van der Waals surface area contributed by atoms with Crippen LogP contribution in [0.1, 0.15) is 12.0 Å². The predicted octanol–water partition coefficient (Wildman–Crippen LogP) is 1.54. The summed E-state index contributed by atoms with van der Waals surface area (Å²) in [6, 6.07) is 6.77. The third-order valence-electron chi connectivity index (χ3n) is 4.47. The number of anilines is 1.